The van der Waals surface area contributed by atoms with Crippen LogP contribution >= 0.6 is 0 Å². The van der Waals surface area contributed by atoms with Gasteiger partial charge in [-0.3, -0.25) is 4.79 Å². The monoisotopic (exact) mass is 248 g/mol. The number of aliphatic carboxylic acids is 1. The van der Waals surface area contributed by atoms with E-state index in [2.05, 4.69) is 5.32 Å². The number of carbonyl (C=O) groups is 2. The van der Waals surface area contributed by atoms with Crippen molar-refractivity contribution >= 4 is 11.9 Å². The van der Waals surface area contributed by atoms with Crippen LogP contribution in [0.2, 0.25) is 0 Å². The summed E-state index contributed by atoms with van der Waals surface area (Å²) in [4.78, 5) is 22.2. The molecule has 1 unspecified atom stereocenters. The van der Waals surface area contributed by atoms with Crippen molar-refractivity contribution < 1.29 is 19.8 Å². The molecule has 0 fully saturated rings. The minimum atomic E-state index is -2.01. The second-order valence-corrected chi connectivity index (χ2v) is 3.95. The number of nitrogens with one attached hydrogen (secondary N) is 1. The summed E-state index contributed by atoms with van der Waals surface area (Å²) in [6, 6.07) is 7.76. The Bertz CT molecular complexity index is 500. The van der Waals surface area contributed by atoms with Crippen molar-refractivity contribution in [2.45, 2.75) is 12.5 Å². The van der Waals surface area contributed by atoms with Crippen molar-refractivity contribution in [1.82, 2.24) is 5.32 Å². The number of amides is 1. The second kappa shape index (κ2) is 5.29. The van der Waals surface area contributed by atoms with Crippen LogP contribution in [-0.4, -0.2) is 34.2 Å². The van der Waals surface area contributed by atoms with E-state index >= 15 is 0 Å². The molecule has 1 atom stereocenters. The molecule has 1 amide bonds. The third kappa shape index (κ3) is 3.30. The van der Waals surface area contributed by atoms with Crippen molar-refractivity contribution in [3.63, 3.8) is 0 Å². The first-order valence-electron chi connectivity index (χ1n) is 5.11. The molecule has 0 aliphatic heterocycles. The van der Waals surface area contributed by atoms with Crippen molar-refractivity contribution in [3.8, 4) is 6.07 Å². The lowest BCUT2D eigenvalue weighted by Crippen LogP contribution is -2.46. The van der Waals surface area contributed by atoms with Crippen LogP contribution in [0.5, 0.6) is 0 Å². The summed E-state index contributed by atoms with van der Waals surface area (Å²) in [5, 5.41) is 29.0. The lowest BCUT2D eigenvalue weighted by atomic mass is 10.1. The van der Waals surface area contributed by atoms with Gasteiger partial charge < -0.3 is 15.5 Å². The Balaban J connectivity index is 2.66. The molecule has 94 valence electrons. The standard InChI is InChI=1S/C12H12N2O4/c1-12(18,11(16)17)7-14-10(15)9-4-2-8(6-13)3-5-9/h2-5,18H,7H2,1H3,(H,14,15)(H,16,17). The SMILES string of the molecule is CC(O)(CNC(=O)c1ccc(C#N)cc1)C(=O)O. The minimum absolute atomic E-state index is 0.287. The highest BCUT2D eigenvalue weighted by molar-refractivity contribution is 5.94. The molecule has 0 spiro atoms. The topological polar surface area (TPSA) is 110 Å². The van der Waals surface area contributed by atoms with Gasteiger partial charge in [0, 0.05) is 5.56 Å². The molecule has 1 aromatic carbocycles. The van der Waals surface area contributed by atoms with Crippen LogP contribution in [0.25, 0.3) is 0 Å². The molecule has 6 nitrogen and oxygen atoms in total. The fourth-order valence-corrected chi connectivity index (χ4v) is 1.13. The lowest BCUT2D eigenvalue weighted by molar-refractivity contribution is -0.155. The predicted octanol–water partition coefficient (Wildman–Crippen LogP) is 0.124. The molecule has 3 N–H and O–H groups in total. The summed E-state index contributed by atoms with van der Waals surface area (Å²) in [5.74, 6) is -1.93. The zero-order valence-electron chi connectivity index (χ0n) is 9.67. The Labute approximate surface area is 103 Å². The average molecular weight is 248 g/mol. The van der Waals surface area contributed by atoms with Gasteiger partial charge in [-0.1, -0.05) is 0 Å². The van der Waals surface area contributed by atoms with Gasteiger partial charge in [0.2, 0.25) is 0 Å². The van der Waals surface area contributed by atoms with Crippen molar-refractivity contribution in [3.05, 3.63) is 35.4 Å². The Hall–Kier alpha value is -2.39. The maximum Gasteiger partial charge on any atom is 0.337 e. The first-order chi connectivity index (χ1) is 8.36. The molecule has 0 saturated carbocycles. The summed E-state index contributed by atoms with van der Waals surface area (Å²) >= 11 is 0. The van der Waals surface area contributed by atoms with E-state index < -0.39 is 24.0 Å². The molecule has 0 aliphatic rings. The molecule has 0 saturated heterocycles. The second-order valence-electron chi connectivity index (χ2n) is 3.95. The molecule has 18 heavy (non-hydrogen) atoms. The van der Waals surface area contributed by atoms with E-state index in [9.17, 15) is 14.7 Å². The Morgan fingerprint density at radius 1 is 1.39 bits per heavy atom. The number of aliphatic hydroxyl groups is 1. The number of carboxylic acids is 1. The highest BCUT2D eigenvalue weighted by Crippen LogP contribution is 2.05. The van der Waals surface area contributed by atoms with Gasteiger partial charge in [0.1, 0.15) is 0 Å². The molecule has 0 aliphatic carbocycles. The van der Waals surface area contributed by atoms with Gasteiger partial charge in [-0.2, -0.15) is 5.26 Å². The number of nitrogens with zero attached hydrogens (tertiary/aromatic N) is 1. The van der Waals surface area contributed by atoms with Crippen LogP contribution in [-0.2, 0) is 4.79 Å². The first-order valence-corrected chi connectivity index (χ1v) is 5.11. The van der Waals surface area contributed by atoms with Gasteiger partial charge in [-0.25, -0.2) is 4.79 Å². The van der Waals surface area contributed by atoms with E-state index in [1.165, 1.54) is 24.3 Å². The number of nitriles is 1. The number of carbonyl (C=O) groups excluding carboxylic acids is 1. The molecule has 0 bridgehead atoms. The Morgan fingerprint density at radius 2 is 1.94 bits per heavy atom. The third-order valence-electron chi connectivity index (χ3n) is 2.33. The summed E-state index contributed by atoms with van der Waals surface area (Å²) in [5.41, 5.74) is -1.30. The summed E-state index contributed by atoms with van der Waals surface area (Å²) in [6.07, 6.45) is 0. The van der Waals surface area contributed by atoms with Gasteiger partial charge in [0.05, 0.1) is 18.2 Å². The van der Waals surface area contributed by atoms with Crippen LogP contribution in [0.3, 0.4) is 0 Å². The quantitative estimate of drug-likeness (QED) is 0.701. The highest BCUT2D eigenvalue weighted by Gasteiger charge is 2.30. The molecule has 0 radical (unpaired) electrons. The maximum atomic E-state index is 11.6. The summed E-state index contributed by atoms with van der Waals surface area (Å²) in [6.45, 7) is 0.690. The number of hydrogen-bond donors (Lipinski definition) is 3. The van der Waals surface area contributed by atoms with E-state index in [-0.39, 0.29) is 5.56 Å². The highest BCUT2D eigenvalue weighted by atomic mass is 16.4. The van der Waals surface area contributed by atoms with Crippen molar-refractivity contribution in [1.29, 1.82) is 5.26 Å². The molecule has 1 rings (SSSR count). The van der Waals surface area contributed by atoms with Crippen LogP contribution in [0.4, 0.5) is 0 Å². The number of rotatable bonds is 4. The van der Waals surface area contributed by atoms with Gasteiger partial charge in [0.15, 0.2) is 5.60 Å². The number of benzene rings is 1. The molecule has 6 heteroatoms. The van der Waals surface area contributed by atoms with Crippen LogP contribution in [0, 0.1) is 11.3 Å². The van der Waals surface area contributed by atoms with Crippen LogP contribution < -0.4 is 5.32 Å². The van der Waals surface area contributed by atoms with Gasteiger partial charge in [-0.15, -0.1) is 0 Å². The predicted molar refractivity (Wildman–Crippen MR) is 61.7 cm³/mol. The van der Waals surface area contributed by atoms with Gasteiger partial charge in [-0.05, 0) is 31.2 Å². The molecule has 0 aromatic heterocycles. The van der Waals surface area contributed by atoms with E-state index in [1.807, 2.05) is 6.07 Å². The van der Waals surface area contributed by atoms with Gasteiger partial charge in [0.25, 0.3) is 5.91 Å². The Kier molecular flexibility index (Phi) is 4.02. The average Bonchev–Trinajstić information content (AvgIpc) is 2.36. The van der Waals surface area contributed by atoms with Crippen LogP contribution in [0.15, 0.2) is 24.3 Å². The van der Waals surface area contributed by atoms with E-state index in [0.29, 0.717) is 5.56 Å². The number of carboxylic acid groups (broad SMARTS) is 1. The smallest absolute Gasteiger partial charge is 0.337 e. The fourth-order valence-electron chi connectivity index (χ4n) is 1.13. The van der Waals surface area contributed by atoms with E-state index in [1.54, 1.807) is 0 Å². The van der Waals surface area contributed by atoms with Crippen molar-refractivity contribution in [2.24, 2.45) is 0 Å². The molecular formula is C12H12N2O4. The molecule has 0 heterocycles. The fraction of sp³-hybridized carbons (Fsp3) is 0.250. The first kappa shape index (κ1) is 13.7. The Morgan fingerprint density at radius 3 is 2.39 bits per heavy atom. The van der Waals surface area contributed by atoms with E-state index in [0.717, 1.165) is 6.92 Å². The maximum absolute atomic E-state index is 11.6. The van der Waals surface area contributed by atoms with Crippen molar-refractivity contribution in [2.75, 3.05) is 6.54 Å². The van der Waals surface area contributed by atoms with Gasteiger partial charge >= 0.3 is 5.97 Å². The minimum Gasteiger partial charge on any atom is -0.479 e. The zero-order chi connectivity index (χ0) is 13.8. The molecule has 1 aromatic rings. The molecular weight excluding hydrogens is 236 g/mol. The normalized spacial score (nSPS) is 13.2. The third-order valence-corrected chi connectivity index (χ3v) is 2.33. The summed E-state index contributed by atoms with van der Waals surface area (Å²) in [7, 11) is 0. The largest absolute Gasteiger partial charge is 0.479 e. The summed E-state index contributed by atoms with van der Waals surface area (Å²) < 4.78 is 0. The van der Waals surface area contributed by atoms with E-state index in [4.69, 9.17) is 10.4 Å². The lowest BCUT2D eigenvalue weighted by Gasteiger charge is -2.18. The van der Waals surface area contributed by atoms with Crippen LogP contribution in [0.1, 0.15) is 22.8 Å². The number of hydrogen-bond acceptors (Lipinski definition) is 4. The zero-order valence-corrected chi connectivity index (χ0v) is 9.67.